The number of aryl methyl sites for hydroxylation is 2. The van der Waals surface area contributed by atoms with Crippen LogP contribution in [0.25, 0.3) is 0 Å². The van der Waals surface area contributed by atoms with Crippen LogP contribution < -0.4 is 4.74 Å². The first-order chi connectivity index (χ1) is 10.6. The van der Waals surface area contributed by atoms with E-state index in [0.717, 1.165) is 36.5 Å². The Labute approximate surface area is 133 Å². The summed E-state index contributed by atoms with van der Waals surface area (Å²) in [5.74, 6) is 0.985. The van der Waals surface area contributed by atoms with E-state index in [4.69, 9.17) is 9.26 Å². The number of ether oxygens (including phenoxy) is 1. The molecule has 0 radical (unpaired) electrons. The molecule has 1 aliphatic heterocycles. The minimum absolute atomic E-state index is 0.0210. The smallest absolute Gasteiger partial charge is 0.261 e. The van der Waals surface area contributed by atoms with Gasteiger partial charge in [-0.05, 0) is 38.3 Å². The van der Waals surface area contributed by atoms with Crippen LogP contribution in [0.5, 0.6) is 5.88 Å². The second-order valence-corrected chi connectivity index (χ2v) is 6.38. The van der Waals surface area contributed by atoms with E-state index in [1.165, 1.54) is 0 Å². The molecule has 1 atom stereocenters. The van der Waals surface area contributed by atoms with Gasteiger partial charge in [0.25, 0.3) is 11.8 Å². The number of hydrogen-bond acceptors (Lipinski definition) is 6. The van der Waals surface area contributed by atoms with Crippen LogP contribution in [0.3, 0.4) is 0 Å². The molecule has 2 aromatic heterocycles. The Bertz CT molecular complexity index is 652. The van der Waals surface area contributed by atoms with Crippen LogP contribution in [0.4, 0.5) is 0 Å². The van der Waals surface area contributed by atoms with Crippen LogP contribution in [-0.2, 0) is 4.79 Å². The third-order valence-electron chi connectivity index (χ3n) is 3.69. The van der Waals surface area contributed by atoms with Crippen molar-refractivity contribution in [1.82, 2.24) is 15.0 Å². The minimum Gasteiger partial charge on any atom is -0.465 e. The fourth-order valence-electron chi connectivity index (χ4n) is 2.64. The molecule has 0 aliphatic carbocycles. The van der Waals surface area contributed by atoms with Crippen molar-refractivity contribution < 1.29 is 14.1 Å². The van der Waals surface area contributed by atoms with Gasteiger partial charge in [0.15, 0.2) is 6.61 Å². The summed E-state index contributed by atoms with van der Waals surface area (Å²) in [6.07, 6.45) is 3.10. The lowest BCUT2D eigenvalue weighted by Gasteiger charge is -2.34. The third kappa shape index (κ3) is 3.30. The van der Waals surface area contributed by atoms with E-state index in [9.17, 15) is 4.79 Å². The summed E-state index contributed by atoms with van der Waals surface area (Å²) >= 11 is 1.62. The number of amides is 1. The second-order valence-electron chi connectivity index (χ2n) is 5.49. The zero-order valence-electron chi connectivity index (χ0n) is 12.7. The molecule has 3 heterocycles. The zero-order valence-corrected chi connectivity index (χ0v) is 13.6. The van der Waals surface area contributed by atoms with Crippen molar-refractivity contribution in [2.45, 2.75) is 39.2 Å². The molecule has 0 spiro atoms. The highest BCUT2D eigenvalue weighted by molar-refractivity contribution is 7.09. The Hall–Kier alpha value is -1.89. The predicted molar refractivity (Wildman–Crippen MR) is 81.9 cm³/mol. The van der Waals surface area contributed by atoms with Gasteiger partial charge < -0.3 is 14.2 Å². The van der Waals surface area contributed by atoms with Crippen molar-refractivity contribution in [3.8, 4) is 5.88 Å². The quantitative estimate of drug-likeness (QED) is 0.866. The van der Waals surface area contributed by atoms with Gasteiger partial charge in [0.05, 0.1) is 6.04 Å². The molecule has 1 amide bonds. The summed E-state index contributed by atoms with van der Waals surface area (Å²) in [5, 5.41) is 6.78. The van der Waals surface area contributed by atoms with Crippen LogP contribution in [0.2, 0.25) is 0 Å². The highest BCUT2D eigenvalue weighted by atomic mass is 32.1. The van der Waals surface area contributed by atoms with Gasteiger partial charge in [0.1, 0.15) is 10.8 Å². The van der Waals surface area contributed by atoms with Crippen LogP contribution in [0.15, 0.2) is 16.0 Å². The van der Waals surface area contributed by atoms with Gasteiger partial charge in [-0.2, -0.15) is 0 Å². The molecule has 1 saturated heterocycles. The molecule has 6 nitrogen and oxygen atoms in total. The number of carbonyl (C=O) groups excluding carboxylic acids is 1. The summed E-state index contributed by atoms with van der Waals surface area (Å²) in [5.41, 5.74) is 1.01. The number of carbonyl (C=O) groups is 1. The number of piperidine rings is 1. The van der Waals surface area contributed by atoms with Crippen LogP contribution in [0.1, 0.15) is 41.8 Å². The summed E-state index contributed by atoms with van der Waals surface area (Å²) in [6.45, 7) is 4.49. The lowest BCUT2D eigenvalue weighted by Crippen LogP contribution is -2.41. The van der Waals surface area contributed by atoms with E-state index in [0.29, 0.717) is 11.6 Å². The summed E-state index contributed by atoms with van der Waals surface area (Å²) in [7, 11) is 0. The number of nitrogens with zero attached hydrogens (tertiary/aromatic N) is 3. The fourth-order valence-corrected chi connectivity index (χ4v) is 3.59. The monoisotopic (exact) mass is 321 g/mol. The zero-order chi connectivity index (χ0) is 15.5. The molecule has 118 valence electrons. The topological polar surface area (TPSA) is 68.5 Å². The molecule has 0 unspecified atom stereocenters. The van der Waals surface area contributed by atoms with Gasteiger partial charge in [-0.3, -0.25) is 4.79 Å². The Morgan fingerprint density at radius 1 is 1.50 bits per heavy atom. The molecule has 7 heteroatoms. The molecule has 2 aromatic rings. The van der Waals surface area contributed by atoms with Crippen molar-refractivity contribution in [1.29, 1.82) is 0 Å². The highest BCUT2D eigenvalue weighted by Crippen LogP contribution is 2.32. The maximum atomic E-state index is 12.5. The first-order valence-electron chi connectivity index (χ1n) is 7.41. The maximum absolute atomic E-state index is 12.5. The van der Waals surface area contributed by atoms with E-state index in [1.807, 2.05) is 17.2 Å². The number of rotatable bonds is 4. The average Bonchev–Trinajstić information content (AvgIpc) is 3.13. The minimum atomic E-state index is -0.0294. The van der Waals surface area contributed by atoms with Crippen LogP contribution >= 0.6 is 11.3 Å². The Morgan fingerprint density at radius 3 is 3.05 bits per heavy atom. The van der Waals surface area contributed by atoms with Crippen LogP contribution in [-0.4, -0.2) is 34.1 Å². The van der Waals surface area contributed by atoms with E-state index < -0.39 is 0 Å². The van der Waals surface area contributed by atoms with Crippen molar-refractivity contribution in [3.05, 3.63) is 27.9 Å². The Morgan fingerprint density at radius 2 is 2.36 bits per heavy atom. The van der Waals surface area contributed by atoms with Gasteiger partial charge >= 0.3 is 0 Å². The molecular formula is C15H19N3O3S. The van der Waals surface area contributed by atoms with Crippen LogP contribution in [0, 0.1) is 13.8 Å². The molecular weight excluding hydrogens is 302 g/mol. The van der Waals surface area contributed by atoms with E-state index in [-0.39, 0.29) is 18.6 Å². The van der Waals surface area contributed by atoms with Gasteiger partial charge in [-0.15, -0.1) is 11.3 Å². The number of aromatic nitrogens is 2. The molecule has 0 saturated carbocycles. The van der Waals surface area contributed by atoms with E-state index in [2.05, 4.69) is 10.1 Å². The van der Waals surface area contributed by atoms with Crippen molar-refractivity contribution in [3.63, 3.8) is 0 Å². The molecule has 1 fully saturated rings. The summed E-state index contributed by atoms with van der Waals surface area (Å²) in [6, 6.07) is 1.74. The van der Waals surface area contributed by atoms with Crippen molar-refractivity contribution in [2.24, 2.45) is 0 Å². The summed E-state index contributed by atoms with van der Waals surface area (Å²) in [4.78, 5) is 18.9. The number of likely N-dealkylation sites (tertiary alicyclic amines) is 1. The van der Waals surface area contributed by atoms with Gasteiger partial charge in [0, 0.05) is 23.7 Å². The first kappa shape index (κ1) is 15.0. The number of hydrogen-bond donors (Lipinski definition) is 0. The molecule has 0 aromatic carbocycles. The maximum Gasteiger partial charge on any atom is 0.261 e. The van der Waals surface area contributed by atoms with E-state index in [1.54, 1.807) is 24.3 Å². The fraction of sp³-hybridized carbons (Fsp3) is 0.533. The van der Waals surface area contributed by atoms with Gasteiger partial charge in [0.2, 0.25) is 0 Å². The third-order valence-corrected chi connectivity index (χ3v) is 4.76. The standard InChI is InChI=1S/C15H19N3O3S/c1-10-9-22-15(16-10)12-5-3-4-6-18(12)14(19)8-20-13-7-11(2)21-17-13/h7,9,12H,3-6,8H2,1-2H3/t12-/m0/s1. The molecule has 0 N–H and O–H groups in total. The number of thiazole rings is 1. The Kier molecular flexibility index (Phi) is 4.42. The largest absolute Gasteiger partial charge is 0.465 e. The predicted octanol–water partition coefficient (Wildman–Crippen LogP) is 2.88. The molecule has 22 heavy (non-hydrogen) atoms. The molecule has 3 rings (SSSR count). The summed E-state index contributed by atoms with van der Waals surface area (Å²) < 4.78 is 10.3. The second kappa shape index (κ2) is 6.48. The Balaban J connectivity index is 1.66. The van der Waals surface area contributed by atoms with Gasteiger partial charge in [-0.25, -0.2) is 4.98 Å². The van der Waals surface area contributed by atoms with E-state index >= 15 is 0 Å². The lowest BCUT2D eigenvalue weighted by atomic mass is 10.0. The first-order valence-corrected chi connectivity index (χ1v) is 8.29. The highest BCUT2D eigenvalue weighted by Gasteiger charge is 2.30. The van der Waals surface area contributed by atoms with Crippen molar-refractivity contribution in [2.75, 3.05) is 13.2 Å². The molecule has 1 aliphatic rings. The normalized spacial score (nSPS) is 18.5. The van der Waals surface area contributed by atoms with Gasteiger partial charge in [-0.1, -0.05) is 0 Å². The average molecular weight is 321 g/mol. The lowest BCUT2D eigenvalue weighted by molar-refractivity contribution is -0.137. The van der Waals surface area contributed by atoms with Crippen molar-refractivity contribution >= 4 is 17.2 Å². The molecule has 0 bridgehead atoms. The SMILES string of the molecule is Cc1csc([C@@H]2CCCCN2C(=O)COc2cc(C)on2)n1.